The van der Waals surface area contributed by atoms with Crippen molar-refractivity contribution in [1.29, 1.82) is 0 Å². The highest BCUT2D eigenvalue weighted by molar-refractivity contribution is 5.80. The fraction of sp³-hybridized carbons (Fsp3) is 0.562. The first-order valence-corrected chi connectivity index (χ1v) is 7.01. The first-order chi connectivity index (χ1) is 8.91. The van der Waals surface area contributed by atoms with Crippen LogP contribution < -0.4 is 5.73 Å². The van der Waals surface area contributed by atoms with Crippen molar-refractivity contribution in [3.8, 4) is 0 Å². The molecule has 19 heavy (non-hydrogen) atoms. The van der Waals surface area contributed by atoms with Crippen molar-refractivity contribution in [3.63, 3.8) is 0 Å². The minimum atomic E-state index is -0.740. The van der Waals surface area contributed by atoms with Crippen molar-refractivity contribution in [2.75, 3.05) is 5.73 Å². The van der Waals surface area contributed by atoms with Crippen LogP contribution in [0.2, 0.25) is 0 Å². The Morgan fingerprint density at radius 2 is 2.05 bits per heavy atom. The molecule has 0 radical (unpaired) electrons. The number of hydrogen-bond donors (Lipinski definition) is 2. The van der Waals surface area contributed by atoms with Gasteiger partial charge in [0.1, 0.15) is 0 Å². The molecule has 0 bridgehead atoms. The lowest BCUT2D eigenvalue weighted by atomic mass is 9.79. The molecule has 3 atom stereocenters. The third-order valence-corrected chi connectivity index (χ3v) is 4.52. The van der Waals surface area contributed by atoms with Gasteiger partial charge in [0.25, 0.3) is 0 Å². The van der Waals surface area contributed by atoms with E-state index in [1.165, 1.54) is 0 Å². The highest BCUT2D eigenvalue weighted by atomic mass is 16.4. The van der Waals surface area contributed by atoms with Crippen molar-refractivity contribution in [3.05, 3.63) is 28.8 Å². The second-order valence-corrected chi connectivity index (χ2v) is 5.97. The molecule has 1 aromatic rings. The zero-order valence-corrected chi connectivity index (χ0v) is 11.9. The molecule has 0 aromatic heterocycles. The number of hydrogen-bond acceptors (Lipinski definition) is 2. The lowest BCUT2D eigenvalue weighted by Crippen LogP contribution is -2.24. The first kappa shape index (κ1) is 13.9. The predicted molar refractivity (Wildman–Crippen MR) is 77.2 cm³/mol. The van der Waals surface area contributed by atoms with Crippen LogP contribution in [0.3, 0.4) is 0 Å². The van der Waals surface area contributed by atoms with E-state index in [0.717, 1.165) is 36.0 Å². The van der Waals surface area contributed by atoms with Gasteiger partial charge in [-0.05, 0) is 43.2 Å². The molecule has 1 aromatic carbocycles. The van der Waals surface area contributed by atoms with E-state index in [9.17, 15) is 9.90 Å². The van der Waals surface area contributed by atoms with Crippen LogP contribution in [-0.4, -0.2) is 11.1 Å². The Balaban J connectivity index is 2.48. The average Bonchev–Trinajstić information content (AvgIpc) is 2.71. The van der Waals surface area contributed by atoms with Gasteiger partial charge in [0.15, 0.2) is 0 Å². The van der Waals surface area contributed by atoms with Gasteiger partial charge in [-0.15, -0.1) is 0 Å². The Kier molecular flexibility index (Phi) is 3.83. The molecule has 0 spiro atoms. The minimum Gasteiger partial charge on any atom is -0.481 e. The van der Waals surface area contributed by atoms with Crippen LogP contribution in [0.25, 0.3) is 0 Å². The maximum Gasteiger partial charge on any atom is 0.311 e. The Morgan fingerprint density at radius 1 is 1.37 bits per heavy atom. The number of carboxylic acids is 1. The molecule has 0 aliphatic heterocycles. The number of nitrogen functional groups attached to an aromatic ring is 1. The number of benzene rings is 1. The number of aliphatic carboxylic acids is 1. The summed E-state index contributed by atoms with van der Waals surface area (Å²) >= 11 is 0. The van der Waals surface area contributed by atoms with Gasteiger partial charge in [0, 0.05) is 5.69 Å². The number of carbonyl (C=O) groups is 1. The van der Waals surface area contributed by atoms with Crippen LogP contribution in [0, 0.1) is 25.7 Å². The summed E-state index contributed by atoms with van der Waals surface area (Å²) in [5.41, 5.74) is 9.66. The highest BCUT2D eigenvalue weighted by Gasteiger charge is 2.37. The van der Waals surface area contributed by atoms with Crippen molar-refractivity contribution < 1.29 is 9.90 Å². The zero-order valence-electron chi connectivity index (χ0n) is 11.9. The molecule has 3 heteroatoms. The van der Waals surface area contributed by atoms with Crippen LogP contribution in [0.4, 0.5) is 5.69 Å². The second-order valence-electron chi connectivity index (χ2n) is 5.97. The Bertz CT molecular complexity index is 496. The van der Waals surface area contributed by atoms with E-state index in [-0.39, 0.29) is 5.92 Å². The SMILES string of the molecule is Cc1cc(C)c(N)c(C(C(=O)O)C2CCCC2C)c1. The Morgan fingerprint density at radius 3 is 2.58 bits per heavy atom. The topological polar surface area (TPSA) is 63.3 Å². The molecule has 3 unspecified atom stereocenters. The average molecular weight is 261 g/mol. The maximum atomic E-state index is 11.8. The van der Waals surface area contributed by atoms with Gasteiger partial charge < -0.3 is 10.8 Å². The van der Waals surface area contributed by atoms with Crippen LogP contribution in [0.1, 0.15) is 48.8 Å². The lowest BCUT2D eigenvalue weighted by molar-refractivity contribution is -0.140. The minimum absolute atomic E-state index is 0.209. The first-order valence-electron chi connectivity index (χ1n) is 7.01. The summed E-state index contributed by atoms with van der Waals surface area (Å²) in [7, 11) is 0. The van der Waals surface area contributed by atoms with E-state index < -0.39 is 11.9 Å². The van der Waals surface area contributed by atoms with E-state index >= 15 is 0 Å². The van der Waals surface area contributed by atoms with Crippen LogP contribution >= 0.6 is 0 Å². The quantitative estimate of drug-likeness (QED) is 0.819. The molecule has 1 fully saturated rings. The summed E-state index contributed by atoms with van der Waals surface area (Å²) in [4.78, 5) is 11.8. The van der Waals surface area contributed by atoms with Crippen LogP contribution in [0.5, 0.6) is 0 Å². The monoisotopic (exact) mass is 261 g/mol. The summed E-state index contributed by atoms with van der Waals surface area (Å²) in [6, 6.07) is 3.96. The molecular weight excluding hydrogens is 238 g/mol. The largest absolute Gasteiger partial charge is 0.481 e. The van der Waals surface area contributed by atoms with E-state index in [1.54, 1.807) is 0 Å². The molecule has 3 nitrogen and oxygen atoms in total. The van der Waals surface area contributed by atoms with Crippen molar-refractivity contribution in [1.82, 2.24) is 0 Å². The molecule has 1 aliphatic rings. The van der Waals surface area contributed by atoms with Gasteiger partial charge in [-0.25, -0.2) is 0 Å². The highest BCUT2D eigenvalue weighted by Crippen LogP contribution is 2.43. The summed E-state index contributed by atoms with van der Waals surface area (Å²) < 4.78 is 0. The molecule has 1 aliphatic carbocycles. The molecule has 0 saturated heterocycles. The van der Waals surface area contributed by atoms with Crippen molar-refractivity contribution >= 4 is 11.7 Å². The molecular formula is C16H23NO2. The van der Waals surface area contributed by atoms with Gasteiger partial charge >= 0.3 is 5.97 Å². The number of carboxylic acid groups (broad SMARTS) is 1. The van der Waals surface area contributed by atoms with Gasteiger partial charge in [-0.3, -0.25) is 4.79 Å². The predicted octanol–water partition coefficient (Wildman–Crippen LogP) is 3.49. The van der Waals surface area contributed by atoms with Gasteiger partial charge in [0.05, 0.1) is 5.92 Å². The van der Waals surface area contributed by atoms with Gasteiger partial charge in [-0.2, -0.15) is 0 Å². The van der Waals surface area contributed by atoms with E-state index in [1.807, 2.05) is 26.0 Å². The number of aryl methyl sites for hydroxylation is 2. The normalized spacial score (nSPS) is 24.4. The lowest BCUT2D eigenvalue weighted by Gasteiger charge is -2.26. The summed E-state index contributed by atoms with van der Waals surface area (Å²) in [5, 5.41) is 9.66. The summed E-state index contributed by atoms with van der Waals surface area (Å²) in [6.45, 7) is 6.10. The Labute approximate surface area is 114 Å². The fourth-order valence-corrected chi connectivity index (χ4v) is 3.49. The summed E-state index contributed by atoms with van der Waals surface area (Å²) in [6.07, 6.45) is 3.24. The molecule has 104 valence electrons. The van der Waals surface area contributed by atoms with Crippen LogP contribution in [0.15, 0.2) is 12.1 Å². The molecule has 1 saturated carbocycles. The van der Waals surface area contributed by atoms with Gasteiger partial charge in [0.2, 0.25) is 0 Å². The van der Waals surface area contributed by atoms with E-state index in [0.29, 0.717) is 11.6 Å². The fourth-order valence-electron chi connectivity index (χ4n) is 3.49. The molecule has 3 N–H and O–H groups in total. The van der Waals surface area contributed by atoms with Crippen LogP contribution in [-0.2, 0) is 4.79 Å². The maximum absolute atomic E-state index is 11.8. The third-order valence-electron chi connectivity index (χ3n) is 4.52. The van der Waals surface area contributed by atoms with Gasteiger partial charge in [-0.1, -0.05) is 37.5 Å². The smallest absolute Gasteiger partial charge is 0.311 e. The van der Waals surface area contributed by atoms with Crippen molar-refractivity contribution in [2.24, 2.45) is 11.8 Å². The zero-order chi connectivity index (χ0) is 14.2. The molecule has 2 rings (SSSR count). The second kappa shape index (κ2) is 5.24. The van der Waals surface area contributed by atoms with E-state index in [4.69, 9.17) is 5.73 Å². The van der Waals surface area contributed by atoms with E-state index in [2.05, 4.69) is 6.92 Å². The molecule has 0 heterocycles. The number of rotatable bonds is 3. The number of nitrogens with two attached hydrogens (primary N) is 1. The summed E-state index contributed by atoms with van der Waals surface area (Å²) in [5.74, 6) is -0.533. The standard InChI is InChI=1S/C16H23NO2/c1-9-7-11(3)15(17)13(8-9)14(16(18)19)12-6-4-5-10(12)2/h7-8,10,12,14H,4-6,17H2,1-3H3,(H,18,19). The third kappa shape index (κ3) is 2.60. The Hall–Kier alpha value is -1.51. The molecule has 0 amide bonds. The number of anilines is 1. The van der Waals surface area contributed by atoms with Crippen molar-refractivity contribution in [2.45, 2.75) is 46.0 Å².